The minimum Gasteiger partial charge on any atom is -0.496 e. The molecule has 2 aromatic carbocycles. The summed E-state index contributed by atoms with van der Waals surface area (Å²) in [4.78, 5) is 24.4. The molecule has 0 atom stereocenters. The summed E-state index contributed by atoms with van der Waals surface area (Å²) >= 11 is 0. The van der Waals surface area contributed by atoms with Gasteiger partial charge in [-0.05, 0) is 49.2 Å². The van der Waals surface area contributed by atoms with Crippen molar-refractivity contribution in [3.05, 3.63) is 54.1 Å². The first-order chi connectivity index (χ1) is 14.4. The molecule has 0 aromatic heterocycles. The third kappa shape index (κ3) is 5.17. The number of hydrogen-bond donors (Lipinski definition) is 1. The molecule has 30 heavy (non-hydrogen) atoms. The molecule has 8 nitrogen and oxygen atoms in total. The molecule has 1 amide bonds. The van der Waals surface area contributed by atoms with Gasteiger partial charge in [-0.2, -0.15) is 4.31 Å². The van der Waals surface area contributed by atoms with Crippen molar-refractivity contribution in [2.75, 3.05) is 32.1 Å². The summed E-state index contributed by atoms with van der Waals surface area (Å²) in [6.07, 6.45) is 2.76. The van der Waals surface area contributed by atoms with Gasteiger partial charge in [0.1, 0.15) is 11.3 Å². The third-order valence-corrected chi connectivity index (χ3v) is 6.66. The molecule has 0 bridgehead atoms. The molecule has 3 rings (SSSR count). The Kier molecular flexibility index (Phi) is 7.07. The highest BCUT2D eigenvalue weighted by Crippen LogP contribution is 2.22. The maximum Gasteiger partial charge on any atom is 0.342 e. The van der Waals surface area contributed by atoms with E-state index in [-0.39, 0.29) is 10.5 Å². The number of nitrogens with zero attached hydrogens (tertiary/aromatic N) is 1. The summed E-state index contributed by atoms with van der Waals surface area (Å²) in [5, 5.41) is 2.58. The lowest BCUT2D eigenvalue weighted by Gasteiger charge is -2.25. The number of carbonyl (C=O) groups is 2. The van der Waals surface area contributed by atoms with Crippen LogP contribution < -0.4 is 10.1 Å². The lowest BCUT2D eigenvalue weighted by Crippen LogP contribution is -2.35. The molecule has 160 valence electrons. The first-order valence-electron chi connectivity index (χ1n) is 9.62. The summed E-state index contributed by atoms with van der Waals surface area (Å²) in [5.74, 6) is -0.858. The van der Waals surface area contributed by atoms with Crippen LogP contribution in [0.25, 0.3) is 0 Å². The third-order valence-electron chi connectivity index (χ3n) is 4.75. The number of piperidine rings is 1. The molecule has 1 N–H and O–H groups in total. The largest absolute Gasteiger partial charge is 0.496 e. The number of methoxy groups -OCH3 is 1. The highest BCUT2D eigenvalue weighted by atomic mass is 32.2. The molecule has 1 aliphatic rings. The lowest BCUT2D eigenvalue weighted by atomic mass is 10.2. The lowest BCUT2D eigenvalue weighted by molar-refractivity contribution is -0.119. The van der Waals surface area contributed by atoms with Gasteiger partial charge in [0.25, 0.3) is 5.91 Å². The first kappa shape index (κ1) is 21.8. The zero-order chi connectivity index (χ0) is 21.6. The van der Waals surface area contributed by atoms with Gasteiger partial charge in [0.2, 0.25) is 10.0 Å². The second-order valence-electron chi connectivity index (χ2n) is 6.81. The van der Waals surface area contributed by atoms with Crippen molar-refractivity contribution in [1.29, 1.82) is 0 Å². The normalized spacial score (nSPS) is 14.7. The van der Waals surface area contributed by atoms with Crippen LogP contribution in [0.15, 0.2) is 53.4 Å². The minimum atomic E-state index is -3.53. The number of hydrogen-bond acceptors (Lipinski definition) is 6. The fourth-order valence-corrected chi connectivity index (χ4v) is 4.70. The van der Waals surface area contributed by atoms with Crippen LogP contribution in [0, 0.1) is 0 Å². The van der Waals surface area contributed by atoms with Crippen LogP contribution in [0.4, 0.5) is 5.69 Å². The van der Waals surface area contributed by atoms with E-state index in [4.69, 9.17) is 9.47 Å². The number of ether oxygens (including phenoxy) is 2. The van der Waals surface area contributed by atoms with E-state index in [1.54, 1.807) is 24.3 Å². The van der Waals surface area contributed by atoms with Gasteiger partial charge in [0, 0.05) is 18.8 Å². The fourth-order valence-electron chi connectivity index (χ4n) is 3.18. The predicted octanol–water partition coefficient (Wildman–Crippen LogP) is 2.67. The Morgan fingerprint density at radius 3 is 2.33 bits per heavy atom. The molecule has 2 aromatic rings. The molecular formula is C21H24N2O6S. The molecule has 0 spiro atoms. The van der Waals surface area contributed by atoms with Gasteiger partial charge >= 0.3 is 5.97 Å². The minimum absolute atomic E-state index is 0.185. The Morgan fingerprint density at radius 1 is 1.00 bits per heavy atom. The monoisotopic (exact) mass is 432 g/mol. The average Bonchev–Trinajstić information content (AvgIpc) is 2.78. The molecule has 0 unspecified atom stereocenters. The SMILES string of the molecule is COc1ccccc1C(=O)OCC(=O)Nc1ccc(S(=O)(=O)N2CCCCC2)cc1. The molecule has 9 heteroatoms. The van der Waals surface area contributed by atoms with Crippen LogP contribution in [0.2, 0.25) is 0 Å². The second kappa shape index (κ2) is 9.73. The molecule has 1 heterocycles. The van der Waals surface area contributed by atoms with Gasteiger partial charge in [-0.1, -0.05) is 18.6 Å². The number of anilines is 1. The molecule has 1 saturated heterocycles. The Labute approximate surface area is 175 Å². The standard InChI is InChI=1S/C21H24N2O6S/c1-28-19-8-4-3-7-18(19)21(25)29-15-20(24)22-16-9-11-17(12-10-16)30(26,27)23-13-5-2-6-14-23/h3-4,7-12H,2,5-6,13-15H2,1H3,(H,22,24). The highest BCUT2D eigenvalue weighted by molar-refractivity contribution is 7.89. The van der Waals surface area contributed by atoms with E-state index in [9.17, 15) is 18.0 Å². The van der Waals surface area contributed by atoms with Crippen LogP contribution in [0.5, 0.6) is 5.75 Å². The molecule has 1 fully saturated rings. The van der Waals surface area contributed by atoms with E-state index in [1.165, 1.54) is 35.7 Å². The Bertz CT molecular complexity index is 998. The van der Waals surface area contributed by atoms with Crippen LogP contribution in [-0.4, -0.2) is 51.4 Å². The second-order valence-corrected chi connectivity index (χ2v) is 8.75. The summed E-state index contributed by atoms with van der Waals surface area (Å²) < 4.78 is 36.9. The van der Waals surface area contributed by atoms with Crippen molar-refractivity contribution in [3.8, 4) is 5.75 Å². The van der Waals surface area contributed by atoms with Crippen molar-refractivity contribution in [2.24, 2.45) is 0 Å². The molecule has 0 radical (unpaired) electrons. The predicted molar refractivity (Wildman–Crippen MR) is 111 cm³/mol. The van der Waals surface area contributed by atoms with E-state index in [1.807, 2.05) is 0 Å². The van der Waals surface area contributed by atoms with Crippen LogP contribution in [0.1, 0.15) is 29.6 Å². The number of amides is 1. The first-order valence-corrected chi connectivity index (χ1v) is 11.1. The smallest absolute Gasteiger partial charge is 0.342 e. The average molecular weight is 432 g/mol. The van der Waals surface area contributed by atoms with E-state index >= 15 is 0 Å². The summed E-state index contributed by atoms with van der Waals surface area (Å²) in [7, 11) is -2.09. The molecule has 0 aliphatic carbocycles. The quantitative estimate of drug-likeness (QED) is 0.675. The van der Waals surface area contributed by atoms with Crippen LogP contribution >= 0.6 is 0 Å². The highest BCUT2D eigenvalue weighted by Gasteiger charge is 2.25. The van der Waals surface area contributed by atoms with E-state index < -0.39 is 28.5 Å². The number of nitrogens with one attached hydrogen (secondary N) is 1. The van der Waals surface area contributed by atoms with E-state index in [2.05, 4.69) is 5.32 Å². The van der Waals surface area contributed by atoms with Gasteiger partial charge < -0.3 is 14.8 Å². The summed E-state index contributed by atoms with van der Waals surface area (Å²) in [6.45, 7) is 0.571. The van der Waals surface area contributed by atoms with Crippen molar-refractivity contribution in [3.63, 3.8) is 0 Å². The van der Waals surface area contributed by atoms with Crippen molar-refractivity contribution in [2.45, 2.75) is 24.2 Å². The maximum atomic E-state index is 12.7. The van der Waals surface area contributed by atoms with Gasteiger partial charge in [-0.3, -0.25) is 4.79 Å². The fraction of sp³-hybridized carbons (Fsp3) is 0.333. The Balaban J connectivity index is 1.56. The van der Waals surface area contributed by atoms with Gasteiger partial charge in [-0.15, -0.1) is 0 Å². The zero-order valence-electron chi connectivity index (χ0n) is 16.7. The summed E-state index contributed by atoms with van der Waals surface area (Å²) in [6, 6.07) is 12.5. The Morgan fingerprint density at radius 2 is 1.67 bits per heavy atom. The molecular weight excluding hydrogens is 408 g/mol. The van der Waals surface area contributed by atoms with Gasteiger partial charge in [-0.25, -0.2) is 13.2 Å². The van der Waals surface area contributed by atoms with Crippen LogP contribution in [0.3, 0.4) is 0 Å². The molecule has 0 saturated carbocycles. The van der Waals surface area contributed by atoms with Crippen molar-refractivity contribution in [1.82, 2.24) is 4.31 Å². The number of sulfonamides is 1. The maximum absolute atomic E-state index is 12.7. The van der Waals surface area contributed by atoms with Crippen molar-refractivity contribution < 1.29 is 27.5 Å². The number of esters is 1. The van der Waals surface area contributed by atoms with Crippen LogP contribution in [-0.2, 0) is 19.6 Å². The van der Waals surface area contributed by atoms with Gasteiger partial charge in [0.15, 0.2) is 6.61 Å². The topological polar surface area (TPSA) is 102 Å². The Hall–Kier alpha value is -2.91. The molecule has 1 aliphatic heterocycles. The number of para-hydroxylation sites is 1. The number of benzene rings is 2. The van der Waals surface area contributed by atoms with Gasteiger partial charge in [0.05, 0.1) is 12.0 Å². The number of rotatable bonds is 7. The zero-order valence-corrected chi connectivity index (χ0v) is 17.5. The van der Waals surface area contributed by atoms with E-state index in [0.29, 0.717) is 24.5 Å². The number of carbonyl (C=O) groups excluding carboxylic acids is 2. The van der Waals surface area contributed by atoms with Crippen molar-refractivity contribution >= 4 is 27.6 Å². The summed E-state index contributed by atoms with van der Waals surface area (Å²) in [5.41, 5.74) is 0.631. The van der Waals surface area contributed by atoms with E-state index in [0.717, 1.165) is 19.3 Å².